The van der Waals surface area contributed by atoms with Gasteiger partial charge in [-0.1, -0.05) is 35.0 Å². The lowest BCUT2D eigenvalue weighted by Crippen LogP contribution is -2.03. The van der Waals surface area contributed by atoms with Gasteiger partial charge in [-0.3, -0.25) is 0 Å². The van der Waals surface area contributed by atoms with Crippen molar-refractivity contribution < 1.29 is 22.8 Å². The minimum atomic E-state index is -3.43. The number of hydrogen-bond donors (Lipinski definition) is 1. The zero-order chi connectivity index (χ0) is 22.3. The molecule has 2 aromatic heterocycles. The maximum absolute atomic E-state index is 11.8. The Kier molecular flexibility index (Phi) is 5.42. The molecule has 0 aliphatic carbocycles. The molecule has 0 fully saturated rings. The number of rotatable bonds is 5. The standard InChI is InChI=1S/C19H12BrClN4O5S/c1-31(28,29)11-6-4-5-10(9-11)18-22-17(24-30-18)16-14(20)15(19(26)27)23-25(16)13-8-3-2-7-12(13)21/h2-9H,1H3,(H,26,27). The molecule has 0 aliphatic rings. The lowest BCUT2D eigenvalue weighted by molar-refractivity contribution is 0.0689. The van der Waals surface area contributed by atoms with Crippen molar-refractivity contribution in [2.24, 2.45) is 0 Å². The van der Waals surface area contributed by atoms with E-state index in [9.17, 15) is 18.3 Å². The van der Waals surface area contributed by atoms with Crippen LogP contribution >= 0.6 is 27.5 Å². The van der Waals surface area contributed by atoms with Crippen molar-refractivity contribution in [3.63, 3.8) is 0 Å². The van der Waals surface area contributed by atoms with Crippen LogP contribution in [-0.4, -0.2) is 45.7 Å². The van der Waals surface area contributed by atoms with Crippen molar-refractivity contribution in [2.45, 2.75) is 4.90 Å². The van der Waals surface area contributed by atoms with Crippen LogP contribution in [0.3, 0.4) is 0 Å². The van der Waals surface area contributed by atoms with E-state index in [1.165, 1.54) is 16.8 Å². The first-order chi connectivity index (χ1) is 14.7. The number of carboxylic acids is 1. The molecule has 0 saturated heterocycles. The van der Waals surface area contributed by atoms with E-state index in [4.69, 9.17) is 16.1 Å². The van der Waals surface area contributed by atoms with Gasteiger partial charge in [0.15, 0.2) is 15.5 Å². The maximum atomic E-state index is 11.8. The predicted molar refractivity (Wildman–Crippen MR) is 115 cm³/mol. The molecule has 2 heterocycles. The molecule has 0 atom stereocenters. The normalized spacial score (nSPS) is 11.6. The summed E-state index contributed by atoms with van der Waals surface area (Å²) in [6.07, 6.45) is 1.10. The van der Waals surface area contributed by atoms with Crippen LogP contribution in [0.15, 0.2) is 62.4 Å². The van der Waals surface area contributed by atoms with Gasteiger partial charge in [0.1, 0.15) is 5.69 Å². The summed E-state index contributed by atoms with van der Waals surface area (Å²) in [5, 5.41) is 17.9. The Morgan fingerprint density at radius 3 is 2.61 bits per heavy atom. The van der Waals surface area contributed by atoms with Gasteiger partial charge in [-0.2, -0.15) is 10.1 Å². The molecular weight excluding hydrogens is 512 g/mol. The third-order valence-electron chi connectivity index (χ3n) is 4.26. The van der Waals surface area contributed by atoms with Crippen LogP contribution in [0, 0.1) is 0 Å². The highest BCUT2D eigenvalue weighted by atomic mass is 79.9. The van der Waals surface area contributed by atoms with Crippen LogP contribution in [0.5, 0.6) is 0 Å². The molecule has 0 radical (unpaired) electrons. The summed E-state index contributed by atoms with van der Waals surface area (Å²) in [6.45, 7) is 0. The van der Waals surface area contributed by atoms with E-state index >= 15 is 0 Å². The fourth-order valence-electron chi connectivity index (χ4n) is 2.82. The fourth-order valence-corrected chi connectivity index (χ4v) is 4.30. The Morgan fingerprint density at radius 1 is 1.19 bits per heavy atom. The van der Waals surface area contributed by atoms with Gasteiger partial charge in [0.2, 0.25) is 5.82 Å². The van der Waals surface area contributed by atoms with Crippen molar-refractivity contribution in [1.29, 1.82) is 0 Å². The SMILES string of the molecule is CS(=O)(=O)c1cccc(-c2nc(-c3c(Br)c(C(=O)O)nn3-c3ccccc3Cl)no2)c1. The summed E-state index contributed by atoms with van der Waals surface area (Å²) in [4.78, 5) is 16.1. The highest BCUT2D eigenvalue weighted by molar-refractivity contribution is 9.10. The minimum absolute atomic E-state index is 0.0338. The van der Waals surface area contributed by atoms with Crippen LogP contribution in [0.25, 0.3) is 28.7 Å². The highest BCUT2D eigenvalue weighted by Crippen LogP contribution is 2.35. The van der Waals surface area contributed by atoms with E-state index in [-0.39, 0.29) is 32.5 Å². The second kappa shape index (κ2) is 7.91. The minimum Gasteiger partial charge on any atom is -0.476 e. The molecule has 0 amide bonds. The average Bonchev–Trinajstić information content (AvgIpc) is 3.32. The third kappa shape index (κ3) is 3.99. The number of halogens is 2. The Hall–Kier alpha value is -3.02. The number of hydrogen-bond acceptors (Lipinski definition) is 7. The van der Waals surface area contributed by atoms with Gasteiger partial charge < -0.3 is 9.63 Å². The van der Waals surface area contributed by atoms with Crippen molar-refractivity contribution in [3.05, 3.63) is 63.7 Å². The fraction of sp³-hybridized carbons (Fsp3) is 0.0526. The van der Waals surface area contributed by atoms with Crippen LogP contribution < -0.4 is 0 Å². The number of carbonyl (C=O) groups is 1. The van der Waals surface area contributed by atoms with E-state index in [0.29, 0.717) is 16.3 Å². The first kappa shape index (κ1) is 21.2. The summed E-state index contributed by atoms with van der Waals surface area (Å²) in [6, 6.07) is 12.8. The van der Waals surface area contributed by atoms with Crippen LogP contribution in [0.2, 0.25) is 5.02 Å². The van der Waals surface area contributed by atoms with Gasteiger partial charge in [-0.25, -0.2) is 17.9 Å². The van der Waals surface area contributed by atoms with E-state index < -0.39 is 15.8 Å². The Bertz CT molecular complexity index is 1430. The first-order valence-corrected chi connectivity index (χ1v) is 11.6. The summed E-state index contributed by atoms with van der Waals surface area (Å²) >= 11 is 9.53. The number of aromatic carboxylic acids is 1. The van der Waals surface area contributed by atoms with E-state index in [1.807, 2.05) is 0 Å². The second-order valence-electron chi connectivity index (χ2n) is 6.40. The highest BCUT2D eigenvalue weighted by Gasteiger charge is 2.27. The van der Waals surface area contributed by atoms with E-state index in [0.717, 1.165) is 6.26 Å². The molecule has 1 N–H and O–H groups in total. The molecule has 0 aliphatic heterocycles. The number of sulfone groups is 1. The van der Waals surface area contributed by atoms with E-state index in [2.05, 4.69) is 31.2 Å². The smallest absolute Gasteiger partial charge is 0.357 e. The molecule has 4 rings (SSSR count). The van der Waals surface area contributed by atoms with Crippen molar-refractivity contribution in [1.82, 2.24) is 19.9 Å². The molecule has 0 unspecified atom stereocenters. The molecular formula is C19H12BrClN4O5S. The summed E-state index contributed by atoms with van der Waals surface area (Å²) in [5.74, 6) is -1.17. The Morgan fingerprint density at radius 2 is 1.94 bits per heavy atom. The zero-order valence-electron chi connectivity index (χ0n) is 15.7. The monoisotopic (exact) mass is 522 g/mol. The van der Waals surface area contributed by atoms with Gasteiger partial charge in [0.25, 0.3) is 5.89 Å². The van der Waals surface area contributed by atoms with Gasteiger partial charge in [-0.15, -0.1) is 0 Å². The molecule has 0 spiro atoms. The van der Waals surface area contributed by atoms with Gasteiger partial charge in [0, 0.05) is 11.8 Å². The Balaban J connectivity index is 1.88. The number of para-hydroxylation sites is 1. The lowest BCUT2D eigenvalue weighted by atomic mass is 10.2. The van der Waals surface area contributed by atoms with Gasteiger partial charge >= 0.3 is 5.97 Å². The van der Waals surface area contributed by atoms with Crippen LogP contribution in [0.4, 0.5) is 0 Å². The zero-order valence-corrected chi connectivity index (χ0v) is 18.8. The number of carboxylic acid groups (broad SMARTS) is 1. The quantitative estimate of drug-likeness (QED) is 0.414. The van der Waals surface area contributed by atoms with Gasteiger partial charge in [-0.05, 0) is 46.3 Å². The van der Waals surface area contributed by atoms with Crippen LogP contribution in [-0.2, 0) is 9.84 Å². The molecule has 9 nitrogen and oxygen atoms in total. The second-order valence-corrected chi connectivity index (χ2v) is 9.62. The van der Waals surface area contributed by atoms with Crippen molar-refractivity contribution in [2.75, 3.05) is 6.26 Å². The lowest BCUT2D eigenvalue weighted by Gasteiger charge is -2.06. The largest absolute Gasteiger partial charge is 0.476 e. The van der Waals surface area contributed by atoms with Crippen LogP contribution in [0.1, 0.15) is 10.5 Å². The molecule has 0 saturated carbocycles. The van der Waals surface area contributed by atoms with Crippen molar-refractivity contribution >= 4 is 43.3 Å². The molecule has 31 heavy (non-hydrogen) atoms. The first-order valence-electron chi connectivity index (χ1n) is 8.58. The number of benzene rings is 2. The summed E-state index contributed by atoms with van der Waals surface area (Å²) < 4.78 is 30.4. The Labute approximate surface area is 189 Å². The molecule has 0 bridgehead atoms. The summed E-state index contributed by atoms with van der Waals surface area (Å²) in [5.41, 5.74) is 0.748. The molecule has 2 aromatic carbocycles. The average molecular weight is 524 g/mol. The third-order valence-corrected chi connectivity index (χ3v) is 6.44. The topological polar surface area (TPSA) is 128 Å². The van der Waals surface area contributed by atoms with Crippen molar-refractivity contribution in [3.8, 4) is 28.7 Å². The predicted octanol–water partition coefficient (Wildman–Crippen LogP) is 4.11. The number of nitrogens with zero attached hydrogens (tertiary/aromatic N) is 4. The number of aromatic nitrogens is 4. The maximum Gasteiger partial charge on any atom is 0.357 e. The molecule has 158 valence electrons. The molecule has 4 aromatic rings. The van der Waals surface area contributed by atoms with Gasteiger partial charge in [0.05, 0.1) is 20.1 Å². The molecule has 12 heteroatoms. The summed E-state index contributed by atoms with van der Waals surface area (Å²) in [7, 11) is -3.43. The van der Waals surface area contributed by atoms with E-state index in [1.54, 1.807) is 36.4 Å².